The largest absolute Gasteiger partial charge is 0.374 e. The van der Waals surface area contributed by atoms with Crippen molar-refractivity contribution >= 4 is 6.29 Å². The molecule has 1 aromatic rings. The zero-order valence-electron chi connectivity index (χ0n) is 12.5. The first-order chi connectivity index (χ1) is 9.73. The average Bonchev–Trinajstić information content (AvgIpc) is 2.53. The van der Waals surface area contributed by atoms with Crippen LogP contribution in [0.5, 0.6) is 0 Å². The summed E-state index contributed by atoms with van der Waals surface area (Å²) in [5, 5.41) is 0. The van der Waals surface area contributed by atoms with E-state index in [1.807, 2.05) is 6.08 Å². The Kier molecular flexibility index (Phi) is 5.13. The average molecular weight is 272 g/mol. The fraction of sp³-hybridized carbons (Fsp3) is 0.500. The minimum atomic E-state index is -0.235. The number of benzene rings is 1. The van der Waals surface area contributed by atoms with Crippen LogP contribution in [0.1, 0.15) is 49.7 Å². The fourth-order valence-electron chi connectivity index (χ4n) is 3.12. The minimum Gasteiger partial charge on any atom is -0.374 e. The van der Waals surface area contributed by atoms with Crippen molar-refractivity contribution in [2.24, 2.45) is 0 Å². The molecule has 0 spiro atoms. The summed E-state index contributed by atoms with van der Waals surface area (Å²) in [5.74, 6) is 0.619. The molecule has 0 aromatic heterocycles. The molecule has 0 radical (unpaired) electrons. The van der Waals surface area contributed by atoms with Crippen molar-refractivity contribution in [3.63, 3.8) is 0 Å². The Morgan fingerprint density at radius 1 is 1.25 bits per heavy atom. The summed E-state index contributed by atoms with van der Waals surface area (Å²) < 4.78 is 5.66. The molecule has 1 fully saturated rings. The van der Waals surface area contributed by atoms with Crippen molar-refractivity contribution in [2.45, 2.75) is 50.5 Å². The molecule has 0 heterocycles. The van der Waals surface area contributed by atoms with E-state index in [1.54, 1.807) is 13.2 Å². The Labute approximate surface area is 121 Å². The van der Waals surface area contributed by atoms with E-state index in [4.69, 9.17) is 4.74 Å². The molecule has 108 valence electrons. The summed E-state index contributed by atoms with van der Waals surface area (Å²) in [7, 11) is 1.74. The van der Waals surface area contributed by atoms with Crippen molar-refractivity contribution in [3.8, 4) is 0 Å². The number of rotatable bonds is 5. The van der Waals surface area contributed by atoms with Gasteiger partial charge in [-0.25, -0.2) is 0 Å². The number of carbonyl (C=O) groups excluding carboxylic acids is 1. The van der Waals surface area contributed by atoms with Crippen molar-refractivity contribution < 1.29 is 9.53 Å². The SMILES string of the molecule is CCc1ccc([C@H]2CC[C@@](C=CC=O)(OC)CC2)cc1. The van der Waals surface area contributed by atoms with Gasteiger partial charge in [0.25, 0.3) is 0 Å². The highest BCUT2D eigenvalue weighted by atomic mass is 16.5. The van der Waals surface area contributed by atoms with Crippen molar-refractivity contribution in [1.82, 2.24) is 0 Å². The maximum Gasteiger partial charge on any atom is 0.142 e. The molecular weight excluding hydrogens is 248 g/mol. The highest BCUT2D eigenvalue weighted by Crippen LogP contribution is 2.40. The van der Waals surface area contributed by atoms with Crippen molar-refractivity contribution in [3.05, 3.63) is 47.5 Å². The summed E-state index contributed by atoms with van der Waals surface area (Å²) in [6.07, 6.45) is 9.61. The van der Waals surface area contributed by atoms with Gasteiger partial charge in [0.2, 0.25) is 0 Å². The van der Waals surface area contributed by atoms with E-state index in [0.717, 1.165) is 38.4 Å². The third-order valence-corrected chi connectivity index (χ3v) is 4.58. The van der Waals surface area contributed by atoms with Gasteiger partial charge >= 0.3 is 0 Å². The standard InChI is InChI=1S/C18H24O2/c1-3-15-5-7-16(8-6-15)17-9-12-18(20-2,13-10-17)11-4-14-19/h4-8,11,14,17H,3,9-10,12-13H2,1-2H3/t17-,18+. The first-order valence-electron chi connectivity index (χ1n) is 7.50. The molecule has 0 N–H and O–H groups in total. The number of hydrogen-bond donors (Lipinski definition) is 0. The van der Waals surface area contributed by atoms with E-state index in [-0.39, 0.29) is 5.60 Å². The van der Waals surface area contributed by atoms with Gasteiger partial charge in [-0.15, -0.1) is 0 Å². The van der Waals surface area contributed by atoms with E-state index in [9.17, 15) is 4.79 Å². The van der Waals surface area contributed by atoms with E-state index >= 15 is 0 Å². The van der Waals surface area contributed by atoms with Gasteiger partial charge < -0.3 is 4.74 Å². The van der Waals surface area contributed by atoms with Crippen LogP contribution in [0, 0.1) is 0 Å². The maximum atomic E-state index is 10.5. The first kappa shape index (κ1) is 15.0. The molecule has 0 aliphatic heterocycles. The second-order valence-corrected chi connectivity index (χ2v) is 5.63. The van der Waals surface area contributed by atoms with Crippen LogP contribution in [-0.2, 0) is 16.0 Å². The highest BCUT2D eigenvalue weighted by molar-refractivity contribution is 5.65. The molecule has 20 heavy (non-hydrogen) atoms. The molecule has 1 saturated carbocycles. The van der Waals surface area contributed by atoms with Crippen LogP contribution in [0.4, 0.5) is 0 Å². The van der Waals surface area contributed by atoms with E-state index in [1.165, 1.54) is 11.1 Å². The summed E-state index contributed by atoms with van der Waals surface area (Å²) in [4.78, 5) is 10.5. The Morgan fingerprint density at radius 2 is 1.90 bits per heavy atom. The normalized spacial score (nSPS) is 26.8. The van der Waals surface area contributed by atoms with Crippen LogP contribution in [0.2, 0.25) is 0 Å². The third kappa shape index (κ3) is 3.37. The van der Waals surface area contributed by atoms with Gasteiger partial charge in [-0.05, 0) is 61.3 Å². The van der Waals surface area contributed by atoms with Gasteiger partial charge in [0.1, 0.15) is 6.29 Å². The molecule has 0 saturated heterocycles. The lowest BCUT2D eigenvalue weighted by Crippen LogP contribution is -2.33. The van der Waals surface area contributed by atoms with E-state index in [0.29, 0.717) is 5.92 Å². The number of aryl methyl sites for hydroxylation is 1. The quantitative estimate of drug-likeness (QED) is 0.597. The number of carbonyl (C=O) groups is 1. The molecule has 1 aliphatic carbocycles. The molecule has 2 heteroatoms. The summed E-state index contributed by atoms with van der Waals surface area (Å²) >= 11 is 0. The van der Waals surface area contributed by atoms with Crippen LogP contribution < -0.4 is 0 Å². The number of allylic oxidation sites excluding steroid dienone is 1. The predicted octanol–water partition coefficient (Wildman–Crippen LogP) is 4.05. The van der Waals surface area contributed by atoms with Gasteiger partial charge in [0.15, 0.2) is 0 Å². The number of hydrogen-bond acceptors (Lipinski definition) is 2. The van der Waals surface area contributed by atoms with Crippen LogP contribution in [0.3, 0.4) is 0 Å². The van der Waals surface area contributed by atoms with Crippen LogP contribution in [0.15, 0.2) is 36.4 Å². The van der Waals surface area contributed by atoms with Crippen molar-refractivity contribution in [1.29, 1.82) is 0 Å². The molecule has 0 bridgehead atoms. The molecule has 0 unspecified atom stereocenters. The number of ether oxygens (including phenoxy) is 1. The van der Waals surface area contributed by atoms with Gasteiger partial charge in [0, 0.05) is 7.11 Å². The molecule has 0 atom stereocenters. The third-order valence-electron chi connectivity index (χ3n) is 4.58. The maximum absolute atomic E-state index is 10.5. The molecule has 0 amide bonds. The topological polar surface area (TPSA) is 26.3 Å². The van der Waals surface area contributed by atoms with Gasteiger partial charge in [-0.1, -0.05) is 31.2 Å². The highest BCUT2D eigenvalue weighted by Gasteiger charge is 2.33. The Bertz CT molecular complexity index is 451. The lowest BCUT2D eigenvalue weighted by molar-refractivity contribution is -0.104. The lowest BCUT2D eigenvalue weighted by Gasteiger charge is -2.37. The molecule has 2 rings (SSSR count). The second-order valence-electron chi connectivity index (χ2n) is 5.63. The smallest absolute Gasteiger partial charge is 0.142 e. The number of methoxy groups -OCH3 is 1. The molecular formula is C18H24O2. The lowest BCUT2D eigenvalue weighted by atomic mass is 9.75. The van der Waals surface area contributed by atoms with Gasteiger partial charge in [0.05, 0.1) is 5.60 Å². The number of aldehydes is 1. The molecule has 2 nitrogen and oxygen atoms in total. The Hall–Kier alpha value is -1.41. The molecule has 1 aliphatic rings. The zero-order chi connectivity index (χ0) is 14.4. The first-order valence-corrected chi connectivity index (χ1v) is 7.50. The van der Waals surface area contributed by atoms with Crippen molar-refractivity contribution in [2.75, 3.05) is 7.11 Å². The molecule has 1 aromatic carbocycles. The van der Waals surface area contributed by atoms with Crippen LogP contribution in [0.25, 0.3) is 0 Å². The van der Waals surface area contributed by atoms with Gasteiger partial charge in [-0.2, -0.15) is 0 Å². The Morgan fingerprint density at radius 3 is 2.40 bits per heavy atom. The van der Waals surface area contributed by atoms with Gasteiger partial charge in [-0.3, -0.25) is 4.79 Å². The van der Waals surface area contributed by atoms with E-state index in [2.05, 4.69) is 31.2 Å². The predicted molar refractivity (Wildman–Crippen MR) is 82.0 cm³/mol. The fourth-order valence-corrected chi connectivity index (χ4v) is 3.12. The van der Waals surface area contributed by atoms with Crippen LogP contribution in [-0.4, -0.2) is 19.0 Å². The minimum absolute atomic E-state index is 0.235. The van der Waals surface area contributed by atoms with E-state index < -0.39 is 0 Å². The summed E-state index contributed by atoms with van der Waals surface area (Å²) in [6, 6.07) is 9.01. The second kappa shape index (κ2) is 6.85. The summed E-state index contributed by atoms with van der Waals surface area (Å²) in [6.45, 7) is 2.18. The zero-order valence-corrected chi connectivity index (χ0v) is 12.5. The Balaban J connectivity index is 2.02. The van der Waals surface area contributed by atoms with Crippen LogP contribution >= 0.6 is 0 Å². The summed E-state index contributed by atoms with van der Waals surface area (Å²) in [5.41, 5.74) is 2.59. The monoisotopic (exact) mass is 272 g/mol.